The molecule has 1 aromatic rings. The molecular weight excluding hydrogens is 396 g/mol. The Balaban J connectivity index is 2.10. The van der Waals surface area contributed by atoms with Crippen LogP contribution < -0.4 is 15.5 Å². The zero-order valence-corrected chi connectivity index (χ0v) is 18.0. The van der Waals surface area contributed by atoms with Crippen LogP contribution in [0, 0.1) is 0 Å². The molecule has 29 heavy (non-hydrogen) atoms. The molecule has 1 heterocycles. The lowest BCUT2D eigenvalue weighted by atomic mass is 10.2. The average molecular weight is 423 g/mol. The van der Waals surface area contributed by atoms with E-state index >= 15 is 0 Å². The number of carbonyl (C=O) groups excluding carboxylic acids is 3. The Morgan fingerprint density at radius 2 is 1.83 bits per heavy atom. The first kappa shape index (κ1) is 22.4. The van der Waals surface area contributed by atoms with Gasteiger partial charge in [0.25, 0.3) is 5.91 Å². The van der Waals surface area contributed by atoms with Gasteiger partial charge in [0.15, 0.2) is 5.11 Å². The molecule has 0 radical (unpaired) electrons. The number of hydrogen-bond acceptors (Lipinski definition) is 6. The maximum atomic E-state index is 12.7. The number of methoxy groups -OCH3 is 1. The Morgan fingerprint density at radius 3 is 2.34 bits per heavy atom. The SMILES string of the molecule is CCN1C(=O)[C@@H](CC(=O)Nc2ccc(OC)cc2)N(NC(=O)OC(C)(C)C)C1=S. The van der Waals surface area contributed by atoms with Crippen molar-refractivity contribution in [3.05, 3.63) is 24.3 Å². The van der Waals surface area contributed by atoms with E-state index in [0.29, 0.717) is 18.0 Å². The largest absolute Gasteiger partial charge is 0.497 e. The van der Waals surface area contributed by atoms with Crippen molar-refractivity contribution < 1.29 is 23.9 Å². The summed E-state index contributed by atoms with van der Waals surface area (Å²) in [6.45, 7) is 7.24. The second kappa shape index (κ2) is 9.08. The normalized spacial score (nSPS) is 16.7. The first-order chi connectivity index (χ1) is 13.6. The highest BCUT2D eigenvalue weighted by Crippen LogP contribution is 2.21. The highest BCUT2D eigenvalue weighted by molar-refractivity contribution is 7.80. The van der Waals surface area contributed by atoms with E-state index < -0.39 is 23.6 Å². The van der Waals surface area contributed by atoms with Crippen molar-refractivity contribution in [2.75, 3.05) is 19.0 Å². The van der Waals surface area contributed by atoms with Crippen LogP contribution in [0.1, 0.15) is 34.1 Å². The van der Waals surface area contributed by atoms with Crippen LogP contribution in [0.3, 0.4) is 0 Å². The van der Waals surface area contributed by atoms with E-state index in [2.05, 4.69) is 10.7 Å². The van der Waals surface area contributed by atoms with Gasteiger partial charge in [-0.3, -0.25) is 14.5 Å². The third kappa shape index (κ3) is 5.80. The predicted molar refractivity (Wildman–Crippen MR) is 111 cm³/mol. The molecule has 1 fully saturated rings. The van der Waals surface area contributed by atoms with Crippen LogP contribution in [-0.2, 0) is 14.3 Å². The van der Waals surface area contributed by atoms with Gasteiger partial charge in [0.05, 0.1) is 13.5 Å². The van der Waals surface area contributed by atoms with Gasteiger partial charge in [-0.15, -0.1) is 0 Å². The Morgan fingerprint density at radius 1 is 1.21 bits per heavy atom. The number of likely N-dealkylation sites (N-methyl/N-ethyl adjacent to an activating group) is 1. The molecule has 1 aliphatic rings. The highest BCUT2D eigenvalue weighted by atomic mass is 32.1. The van der Waals surface area contributed by atoms with E-state index in [1.54, 1.807) is 59.1 Å². The molecular formula is C19H26N4O5S. The van der Waals surface area contributed by atoms with E-state index in [0.717, 1.165) is 0 Å². The van der Waals surface area contributed by atoms with Gasteiger partial charge in [-0.1, -0.05) is 0 Å². The summed E-state index contributed by atoms with van der Waals surface area (Å²) in [4.78, 5) is 38.7. The first-order valence-corrected chi connectivity index (χ1v) is 9.54. The predicted octanol–water partition coefficient (Wildman–Crippen LogP) is 2.28. The van der Waals surface area contributed by atoms with Crippen LogP contribution >= 0.6 is 12.2 Å². The summed E-state index contributed by atoms with van der Waals surface area (Å²) in [6.07, 6.45) is -0.955. The zero-order chi connectivity index (χ0) is 21.8. The summed E-state index contributed by atoms with van der Waals surface area (Å²) in [5.41, 5.74) is 2.32. The van der Waals surface area contributed by atoms with Crippen molar-refractivity contribution in [2.45, 2.75) is 45.8 Å². The number of hydrazine groups is 1. The Kier molecular flexibility index (Phi) is 7.02. The van der Waals surface area contributed by atoms with Crippen LogP contribution in [-0.4, -0.2) is 58.2 Å². The maximum absolute atomic E-state index is 12.7. The molecule has 158 valence electrons. The van der Waals surface area contributed by atoms with Crippen LogP contribution in [0.5, 0.6) is 5.75 Å². The summed E-state index contributed by atoms with van der Waals surface area (Å²) in [7, 11) is 1.55. The van der Waals surface area contributed by atoms with Crippen LogP contribution in [0.4, 0.5) is 10.5 Å². The monoisotopic (exact) mass is 422 g/mol. The number of nitrogens with zero attached hydrogens (tertiary/aromatic N) is 2. The van der Waals surface area contributed by atoms with Crippen LogP contribution in [0.15, 0.2) is 24.3 Å². The van der Waals surface area contributed by atoms with Gasteiger partial charge in [-0.05, 0) is 64.2 Å². The van der Waals surface area contributed by atoms with E-state index in [1.807, 2.05) is 0 Å². The van der Waals surface area contributed by atoms with E-state index in [1.165, 1.54) is 9.91 Å². The molecule has 1 atom stereocenters. The molecule has 1 aromatic carbocycles. The number of anilines is 1. The van der Waals surface area contributed by atoms with Crippen LogP contribution in [0.2, 0.25) is 0 Å². The lowest BCUT2D eigenvalue weighted by Crippen LogP contribution is -2.51. The zero-order valence-electron chi connectivity index (χ0n) is 17.1. The van der Waals surface area contributed by atoms with Crippen molar-refractivity contribution in [1.82, 2.24) is 15.3 Å². The number of hydrogen-bond donors (Lipinski definition) is 2. The molecule has 10 heteroatoms. The maximum Gasteiger partial charge on any atom is 0.426 e. The molecule has 0 spiro atoms. The Bertz CT molecular complexity index is 791. The third-order valence-corrected chi connectivity index (χ3v) is 4.40. The minimum atomic E-state index is -0.965. The molecule has 0 aromatic heterocycles. The number of thiocarbonyl (C=S) groups is 1. The van der Waals surface area contributed by atoms with Crippen molar-refractivity contribution in [1.29, 1.82) is 0 Å². The molecule has 2 N–H and O–H groups in total. The van der Waals surface area contributed by atoms with Crippen molar-refractivity contribution in [3.8, 4) is 5.75 Å². The summed E-state index contributed by atoms with van der Waals surface area (Å²) in [6, 6.07) is 5.83. The van der Waals surface area contributed by atoms with Gasteiger partial charge < -0.3 is 14.8 Å². The summed E-state index contributed by atoms with van der Waals surface area (Å²) in [5, 5.41) is 4.05. The number of amides is 3. The standard InChI is InChI=1S/C19H26N4O5S/c1-6-22-16(25)14(23(18(22)29)21-17(26)28-19(2,3)4)11-15(24)20-12-7-9-13(27-5)10-8-12/h7-10,14H,6,11H2,1-5H3,(H,20,24)(H,21,26)/t14-/m1/s1. The fraction of sp³-hybridized carbons (Fsp3) is 0.474. The van der Waals surface area contributed by atoms with E-state index in [9.17, 15) is 14.4 Å². The highest BCUT2D eigenvalue weighted by Gasteiger charge is 2.44. The minimum absolute atomic E-state index is 0.116. The second-order valence-corrected chi connectivity index (χ2v) is 7.71. The Labute approximate surface area is 175 Å². The van der Waals surface area contributed by atoms with E-state index in [-0.39, 0.29) is 17.4 Å². The van der Waals surface area contributed by atoms with Gasteiger partial charge >= 0.3 is 6.09 Å². The number of rotatable bonds is 6. The molecule has 3 amide bonds. The third-order valence-electron chi connectivity index (χ3n) is 3.98. The number of benzene rings is 1. The summed E-state index contributed by atoms with van der Waals surface area (Å²) >= 11 is 5.30. The molecule has 0 bridgehead atoms. The quantitative estimate of drug-likeness (QED) is 0.679. The first-order valence-electron chi connectivity index (χ1n) is 9.13. The lowest BCUT2D eigenvalue weighted by Gasteiger charge is -2.26. The molecule has 0 saturated carbocycles. The van der Waals surface area contributed by atoms with Gasteiger partial charge in [0.1, 0.15) is 17.4 Å². The fourth-order valence-corrected chi connectivity index (χ4v) is 3.10. The Hall–Kier alpha value is -2.88. The molecule has 0 unspecified atom stereocenters. The fourth-order valence-electron chi connectivity index (χ4n) is 2.70. The van der Waals surface area contributed by atoms with E-state index in [4.69, 9.17) is 21.7 Å². The van der Waals surface area contributed by atoms with Crippen LogP contribution in [0.25, 0.3) is 0 Å². The summed E-state index contributed by atoms with van der Waals surface area (Å²) < 4.78 is 10.3. The minimum Gasteiger partial charge on any atom is -0.497 e. The molecule has 0 aliphatic carbocycles. The van der Waals surface area contributed by atoms with Gasteiger partial charge in [0.2, 0.25) is 5.91 Å². The average Bonchev–Trinajstić information content (AvgIpc) is 2.84. The smallest absolute Gasteiger partial charge is 0.426 e. The van der Waals surface area contributed by atoms with Gasteiger partial charge in [-0.2, -0.15) is 0 Å². The molecule has 1 aliphatic heterocycles. The van der Waals surface area contributed by atoms with Gasteiger partial charge in [0, 0.05) is 12.2 Å². The molecule has 1 saturated heterocycles. The van der Waals surface area contributed by atoms with Gasteiger partial charge in [-0.25, -0.2) is 15.2 Å². The molecule has 9 nitrogen and oxygen atoms in total. The topological polar surface area (TPSA) is 100 Å². The summed E-state index contributed by atoms with van der Waals surface area (Å²) in [5.74, 6) is -0.102. The second-order valence-electron chi connectivity index (χ2n) is 7.35. The van der Waals surface area contributed by atoms with Crippen molar-refractivity contribution in [3.63, 3.8) is 0 Å². The molecule has 2 rings (SSSR count). The lowest BCUT2D eigenvalue weighted by molar-refractivity contribution is -0.131. The van der Waals surface area contributed by atoms with Crippen molar-refractivity contribution >= 4 is 40.9 Å². The number of carbonyl (C=O) groups is 3. The number of ether oxygens (including phenoxy) is 2. The number of nitrogens with one attached hydrogen (secondary N) is 2. The van der Waals surface area contributed by atoms with Crippen molar-refractivity contribution in [2.24, 2.45) is 0 Å².